The highest BCUT2D eigenvalue weighted by molar-refractivity contribution is 7.89. The van der Waals surface area contributed by atoms with Crippen molar-refractivity contribution in [3.05, 3.63) is 41.3 Å². The Balaban J connectivity index is 1.68. The smallest absolute Gasteiger partial charge is 0.262 e. The fourth-order valence-corrected chi connectivity index (χ4v) is 4.08. The first-order valence-corrected chi connectivity index (χ1v) is 9.84. The molecule has 26 heavy (non-hydrogen) atoms. The summed E-state index contributed by atoms with van der Waals surface area (Å²) in [5.74, 6) is -0.303. The molecule has 2 aromatic rings. The van der Waals surface area contributed by atoms with Crippen LogP contribution in [0.5, 0.6) is 0 Å². The third-order valence-corrected chi connectivity index (χ3v) is 6.00. The number of nitrogens with one attached hydrogen (secondary N) is 1. The second kappa shape index (κ2) is 7.75. The number of imidazole rings is 1. The van der Waals surface area contributed by atoms with E-state index in [1.54, 1.807) is 12.1 Å². The van der Waals surface area contributed by atoms with E-state index in [1.165, 1.54) is 21.4 Å². The first-order chi connectivity index (χ1) is 12.4. The van der Waals surface area contributed by atoms with Crippen LogP contribution in [-0.4, -0.2) is 54.5 Å². The van der Waals surface area contributed by atoms with Gasteiger partial charge in [0, 0.05) is 30.0 Å². The minimum Gasteiger partial charge on any atom is -0.379 e. The van der Waals surface area contributed by atoms with Gasteiger partial charge in [0.05, 0.1) is 19.5 Å². The van der Waals surface area contributed by atoms with Gasteiger partial charge in [-0.25, -0.2) is 13.4 Å². The van der Waals surface area contributed by atoms with Crippen molar-refractivity contribution in [2.45, 2.75) is 18.5 Å². The van der Waals surface area contributed by atoms with E-state index in [-0.39, 0.29) is 17.5 Å². The van der Waals surface area contributed by atoms with Gasteiger partial charge in [0.2, 0.25) is 5.91 Å². The predicted molar refractivity (Wildman–Crippen MR) is 96.6 cm³/mol. The summed E-state index contributed by atoms with van der Waals surface area (Å²) < 4.78 is 33.0. The molecule has 1 fully saturated rings. The largest absolute Gasteiger partial charge is 0.379 e. The number of aryl methyl sites for hydroxylation is 1. The summed E-state index contributed by atoms with van der Waals surface area (Å²) >= 11 is 5.94. The molecule has 1 saturated heterocycles. The van der Waals surface area contributed by atoms with Crippen molar-refractivity contribution in [2.75, 3.05) is 31.6 Å². The van der Waals surface area contributed by atoms with Gasteiger partial charge in [-0.15, -0.1) is 0 Å². The Morgan fingerprint density at radius 3 is 2.81 bits per heavy atom. The van der Waals surface area contributed by atoms with E-state index in [4.69, 9.17) is 16.3 Å². The van der Waals surface area contributed by atoms with E-state index < -0.39 is 10.0 Å². The van der Waals surface area contributed by atoms with Crippen LogP contribution in [-0.2, 0) is 26.1 Å². The van der Waals surface area contributed by atoms with Crippen LogP contribution < -0.4 is 5.32 Å². The van der Waals surface area contributed by atoms with Crippen molar-refractivity contribution >= 4 is 33.2 Å². The van der Waals surface area contributed by atoms with Crippen LogP contribution in [0.2, 0.25) is 5.02 Å². The van der Waals surface area contributed by atoms with Crippen LogP contribution in [0, 0.1) is 6.92 Å². The van der Waals surface area contributed by atoms with E-state index in [9.17, 15) is 13.2 Å². The summed E-state index contributed by atoms with van der Waals surface area (Å²) in [4.78, 5) is 16.2. The number of ether oxygens (including phenoxy) is 1. The van der Waals surface area contributed by atoms with Crippen LogP contribution in [0.15, 0.2) is 35.7 Å². The van der Waals surface area contributed by atoms with Crippen molar-refractivity contribution in [1.82, 2.24) is 13.9 Å². The van der Waals surface area contributed by atoms with Crippen molar-refractivity contribution in [3.63, 3.8) is 0 Å². The predicted octanol–water partition coefficient (Wildman–Crippen LogP) is 1.50. The second-order valence-corrected chi connectivity index (χ2v) is 8.23. The lowest BCUT2D eigenvalue weighted by molar-refractivity contribution is -0.116. The summed E-state index contributed by atoms with van der Waals surface area (Å²) in [6.45, 7) is 3.11. The molecule has 1 N–H and O–H groups in total. The number of morpholine rings is 1. The summed E-state index contributed by atoms with van der Waals surface area (Å²) in [5.41, 5.74) is 1.49. The van der Waals surface area contributed by atoms with Gasteiger partial charge in [-0.2, -0.15) is 4.31 Å². The average molecular weight is 399 g/mol. The summed E-state index contributed by atoms with van der Waals surface area (Å²) in [7, 11) is -3.68. The Labute approximate surface area is 156 Å². The number of carbonyl (C=O) groups excluding carboxylic acids is 1. The zero-order valence-corrected chi connectivity index (χ0v) is 15.8. The lowest BCUT2D eigenvalue weighted by Crippen LogP contribution is -2.40. The van der Waals surface area contributed by atoms with Crippen LogP contribution in [0.1, 0.15) is 5.56 Å². The molecule has 0 aliphatic carbocycles. The highest BCUT2D eigenvalue weighted by atomic mass is 35.5. The zero-order valence-electron chi connectivity index (χ0n) is 14.2. The van der Waals surface area contributed by atoms with E-state index in [0.717, 1.165) is 5.56 Å². The molecule has 1 aromatic carbocycles. The quantitative estimate of drug-likeness (QED) is 0.823. The van der Waals surface area contributed by atoms with Crippen LogP contribution in [0.25, 0.3) is 0 Å². The molecule has 0 atom stereocenters. The Hall–Kier alpha value is -1.94. The Bertz CT molecular complexity index is 907. The standard InChI is InChI=1S/C16H19ClN4O4S/c1-12-2-3-13(17)8-14(12)19-15(22)9-20-10-16(18-11-20)26(23,24)21-4-6-25-7-5-21/h2-3,8,10-11H,4-7,9H2,1H3,(H,19,22). The van der Waals surface area contributed by atoms with Gasteiger partial charge in [-0.1, -0.05) is 17.7 Å². The molecule has 0 spiro atoms. The number of nitrogens with zero attached hydrogens (tertiary/aromatic N) is 3. The molecule has 1 amide bonds. The number of aromatic nitrogens is 2. The van der Waals surface area contributed by atoms with E-state index in [2.05, 4.69) is 10.3 Å². The topological polar surface area (TPSA) is 93.5 Å². The van der Waals surface area contributed by atoms with Crippen molar-refractivity contribution < 1.29 is 17.9 Å². The number of rotatable bonds is 5. The number of sulfonamides is 1. The fourth-order valence-electron chi connectivity index (χ4n) is 2.56. The molecule has 0 bridgehead atoms. The van der Waals surface area contributed by atoms with Gasteiger partial charge in [0.15, 0.2) is 5.03 Å². The monoisotopic (exact) mass is 398 g/mol. The van der Waals surface area contributed by atoms with Gasteiger partial charge < -0.3 is 14.6 Å². The number of anilines is 1. The minimum atomic E-state index is -3.68. The molecule has 1 aliphatic rings. The summed E-state index contributed by atoms with van der Waals surface area (Å²) in [6.07, 6.45) is 2.69. The molecule has 0 unspecified atom stereocenters. The van der Waals surface area contributed by atoms with Crippen LogP contribution in [0.4, 0.5) is 5.69 Å². The average Bonchev–Trinajstić information content (AvgIpc) is 3.08. The second-order valence-electron chi connectivity index (χ2n) is 5.91. The fraction of sp³-hybridized carbons (Fsp3) is 0.375. The molecule has 140 valence electrons. The number of halogens is 1. The number of benzene rings is 1. The van der Waals surface area contributed by atoms with Gasteiger partial charge in [0.1, 0.15) is 6.54 Å². The third-order valence-electron chi connectivity index (χ3n) is 3.98. The molecule has 3 rings (SSSR count). The molecular weight excluding hydrogens is 380 g/mol. The molecule has 0 saturated carbocycles. The number of hydrogen-bond donors (Lipinski definition) is 1. The maximum Gasteiger partial charge on any atom is 0.262 e. The minimum absolute atomic E-state index is 0.0580. The van der Waals surface area contributed by atoms with E-state index in [1.807, 2.05) is 13.0 Å². The summed E-state index contributed by atoms with van der Waals surface area (Å²) in [5, 5.41) is 3.21. The number of carbonyl (C=O) groups is 1. The van der Waals surface area contributed by atoms with Crippen LogP contribution >= 0.6 is 11.6 Å². The highest BCUT2D eigenvalue weighted by Gasteiger charge is 2.28. The van der Waals surface area contributed by atoms with Crippen molar-refractivity contribution in [2.24, 2.45) is 0 Å². The Morgan fingerprint density at radius 1 is 1.35 bits per heavy atom. The maximum absolute atomic E-state index is 12.5. The molecule has 10 heteroatoms. The first kappa shape index (κ1) is 18.8. The lowest BCUT2D eigenvalue weighted by atomic mass is 10.2. The highest BCUT2D eigenvalue weighted by Crippen LogP contribution is 2.20. The first-order valence-electron chi connectivity index (χ1n) is 8.02. The van der Waals surface area contributed by atoms with E-state index >= 15 is 0 Å². The molecule has 0 radical (unpaired) electrons. The normalized spacial score (nSPS) is 15.8. The van der Waals surface area contributed by atoms with Gasteiger partial charge in [-0.3, -0.25) is 4.79 Å². The number of amides is 1. The van der Waals surface area contributed by atoms with Gasteiger partial charge in [0.25, 0.3) is 10.0 Å². The van der Waals surface area contributed by atoms with Gasteiger partial charge >= 0.3 is 0 Å². The molecule has 1 aromatic heterocycles. The van der Waals surface area contributed by atoms with Crippen LogP contribution in [0.3, 0.4) is 0 Å². The summed E-state index contributed by atoms with van der Waals surface area (Å²) in [6, 6.07) is 5.21. The Kier molecular flexibility index (Phi) is 5.61. The molecular formula is C16H19ClN4O4S. The zero-order chi connectivity index (χ0) is 18.7. The van der Waals surface area contributed by atoms with Gasteiger partial charge in [-0.05, 0) is 24.6 Å². The van der Waals surface area contributed by atoms with E-state index in [0.29, 0.717) is 37.0 Å². The molecule has 1 aliphatic heterocycles. The van der Waals surface area contributed by atoms with Crippen molar-refractivity contribution in [1.29, 1.82) is 0 Å². The maximum atomic E-state index is 12.5. The van der Waals surface area contributed by atoms with Crippen molar-refractivity contribution in [3.8, 4) is 0 Å². The number of hydrogen-bond acceptors (Lipinski definition) is 5. The molecule has 8 nitrogen and oxygen atoms in total. The lowest BCUT2D eigenvalue weighted by Gasteiger charge is -2.24. The third kappa shape index (κ3) is 4.24. The molecule has 2 heterocycles. The Morgan fingerprint density at radius 2 is 2.08 bits per heavy atom. The SMILES string of the molecule is Cc1ccc(Cl)cc1NC(=O)Cn1cnc(S(=O)(=O)N2CCOCC2)c1.